The van der Waals surface area contributed by atoms with E-state index >= 15 is 0 Å². The van der Waals surface area contributed by atoms with E-state index in [1.165, 1.54) is 0 Å². The maximum absolute atomic E-state index is 11.6. The number of hydrogen-bond acceptors (Lipinski definition) is 2. The van der Waals surface area contributed by atoms with Crippen molar-refractivity contribution < 1.29 is 4.79 Å². The van der Waals surface area contributed by atoms with Crippen molar-refractivity contribution in [2.75, 3.05) is 19.3 Å². The van der Waals surface area contributed by atoms with Crippen molar-refractivity contribution in [2.45, 2.75) is 19.9 Å². The van der Waals surface area contributed by atoms with Gasteiger partial charge in [-0.25, -0.2) is 4.79 Å². The summed E-state index contributed by atoms with van der Waals surface area (Å²) in [7, 11) is 1.77. The lowest BCUT2D eigenvalue weighted by atomic mass is 10.1. The van der Waals surface area contributed by atoms with E-state index in [0.717, 1.165) is 11.3 Å². The van der Waals surface area contributed by atoms with Gasteiger partial charge >= 0.3 is 6.03 Å². The molecular weight excluding hydrogens is 202 g/mol. The second kappa shape index (κ2) is 5.39. The van der Waals surface area contributed by atoms with E-state index < -0.39 is 0 Å². The lowest BCUT2D eigenvalue weighted by Gasteiger charge is -2.20. The molecule has 88 valence electrons. The van der Waals surface area contributed by atoms with Gasteiger partial charge in [0.15, 0.2) is 0 Å². The van der Waals surface area contributed by atoms with Gasteiger partial charge in [-0.3, -0.25) is 0 Å². The zero-order chi connectivity index (χ0) is 12.1. The highest BCUT2D eigenvalue weighted by molar-refractivity contribution is 5.74. The van der Waals surface area contributed by atoms with Gasteiger partial charge in [0.05, 0.1) is 6.04 Å². The van der Waals surface area contributed by atoms with Crippen molar-refractivity contribution in [1.82, 2.24) is 10.2 Å². The number of nitrogen functional groups attached to an aromatic ring is 1. The largest absolute Gasteiger partial charge is 0.399 e. The van der Waals surface area contributed by atoms with Gasteiger partial charge in [0.2, 0.25) is 0 Å². The molecule has 0 saturated carbocycles. The lowest BCUT2D eigenvalue weighted by molar-refractivity contribution is 0.208. The number of rotatable bonds is 3. The van der Waals surface area contributed by atoms with Gasteiger partial charge < -0.3 is 16.0 Å². The Kier molecular flexibility index (Phi) is 4.17. The number of hydrogen-bond donors (Lipinski definition) is 2. The highest BCUT2D eigenvalue weighted by Crippen LogP contribution is 2.14. The predicted molar refractivity (Wildman–Crippen MR) is 66.1 cm³/mol. The fourth-order valence-electron chi connectivity index (χ4n) is 1.31. The Labute approximate surface area is 96.4 Å². The fraction of sp³-hybridized carbons (Fsp3) is 0.417. The number of amides is 2. The first kappa shape index (κ1) is 12.4. The number of nitrogens with one attached hydrogen (secondary N) is 1. The van der Waals surface area contributed by atoms with Crippen LogP contribution in [0.4, 0.5) is 10.5 Å². The highest BCUT2D eigenvalue weighted by atomic mass is 16.2. The maximum Gasteiger partial charge on any atom is 0.317 e. The van der Waals surface area contributed by atoms with Gasteiger partial charge in [-0.05, 0) is 31.5 Å². The molecule has 0 aliphatic carbocycles. The second-order valence-corrected chi connectivity index (χ2v) is 3.85. The fourth-order valence-corrected chi connectivity index (χ4v) is 1.31. The first-order valence-corrected chi connectivity index (χ1v) is 5.41. The summed E-state index contributed by atoms with van der Waals surface area (Å²) in [5.74, 6) is 0. The molecule has 0 aliphatic heterocycles. The minimum atomic E-state index is -0.0631. The van der Waals surface area contributed by atoms with Crippen molar-refractivity contribution in [1.29, 1.82) is 0 Å². The van der Waals surface area contributed by atoms with Crippen molar-refractivity contribution in [3.63, 3.8) is 0 Å². The number of carbonyl (C=O) groups is 1. The first-order chi connectivity index (χ1) is 7.54. The van der Waals surface area contributed by atoms with Crippen LogP contribution in [-0.2, 0) is 0 Å². The SMILES string of the molecule is CCN(C)C(=O)NC(C)c1ccc(N)cc1. The van der Waals surface area contributed by atoms with Crippen molar-refractivity contribution in [2.24, 2.45) is 0 Å². The molecule has 3 N–H and O–H groups in total. The highest BCUT2D eigenvalue weighted by Gasteiger charge is 2.11. The van der Waals surface area contributed by atoms with Gasteiger partial charge in [0, 0.05) is 19.3 Å². The molecule has 4 nitrogen and oxygen atoms in total. The Hall–Kier alpha value is -1.71. The zero-order valence-corrected chi connectivity index (χ0v) is 10.0. The van der Waals surface area contributed by atoms with Crippen molar-refractivity contribution in [3.05, 3.63) is 29.8 Å². The lowest BCUT2D eigenvalue weighted by Crippen LogP contribution is -2.38. The minimum Gasteiger partial charge on any atom is -0.399 e. The number of anilines is 1. The monoisotopic (exact) mass is 221 g/mol. The van der Waals surface area contributed by atoms with E-state index in [4.69, 9.17) is 5.73 Å². The number of carbonyl (C=O) groups excluding carboxylic acids is 1. The van der Waals surface area contributed by atoms with Crippen molar-refractivity contribution >= 4 is 11.7 Å². The Balaban J connectivity index is 2.62. The van der Waals surface area contributed by atoms with E-state index in [2.05, 4.69) is 5.32 Å². The topological polar surface area (TPSA) is 58.4 Å². The molecule has 1 rings (SSSR count). The summed E-state index contributed by atoms with van der Waals surface area (Å²) in [4.78, 5) is 13.2. The molecule has 16 heavy (non-hydrogen) atoms. The molecule has 0 radical (unpaired) electrons. The molecule has 1 aromatic rings. The Morgan fingerprint density at radius 2 is 2.00 bits per heavy atom. The molecule has 0 aromatic heterocycles. The third-order valence-electron chi connectivity index (χ3n) is 2.60. The molecule has 0 heterocycles. The summed E-state index contributed by atoms with van der Waals surface area (Å²) in [6.45, 7) is 4.58. The summed E-state index contributed by atoms with van der Waals surface area (Å²) >= 11 is 0. The zero-order valence-electron chi connectivity index (χ0n) is 10.0. The Morgan fingerprint density at radius 1 is 1.44 bits per heavy atom. The summed E-state index contributed by atoms with van der Waals surface area (Å²) in [5.41, 5.74) is 7.38. The van der Waals surface area contributed by atoms with Crippen LogP contribution in [0.25, 0.3) is 0 Å². The van der Waals surface area contributed by atoms with Crippen LogP contribution in [0.15, 0.2) is 24.3 Å². The second-order valence-electron chi connectivity index (χ2n) is 3.85. The molecule has 0 fully saturated rings. The molecule has 0 spiro atoms. The van der Waals surface area contributed by atoms with Crippen LogP contribution in [0.5, 0.6) is 0 Å². The quantitative estimate of drug-likeness (QED) is 0.767. The van der Waals surface area contributed by atoms with Crippen LogP contribution in [0.2, 0.25) is 0 Å². The van der Waals surface area contributed by atoms with Crippen LogP contribution in [0.3, 0.4) is 0 Å². The molecule has 0 saturated heterocycles. The van der Waals surface area contributed by atoms with Crippen LogP contribution < -0.4 is 11.1 Å². The van der Waals surface area contributed by atoms with E-state index in [0.29, 0.717) is 6.54 Å². The predicted octanol–water partition coefficient (Wildman–Crippen LogP) is 1.99. The van der Waals surface area contributed by atoms with Gasteiger partial charge in [0.1, 0.15) is 0 Å². The van der Waals surface area contributed by atoms with Crippen LogP contribution in [0, 0.1) is 0 Å². The van der Waals surface area contributed by atoms with E-state index in [9.17, 15) is 4.79 Å². The number of nitrogens with two attached hydrogens (primary N) is 1. The standard InChI is InChI=1S/C12H19N3O/c1-4-15(3)12(16)14-9(2)10-5-7-11(13)8-6-10/h5-9H,4,13H2,1-3H3,(H,14,16). The van der Waals surface area contributed by atoms with Gasteiger partial charge in [-0.1, -0.05) is 12.1 Å². The number of urea groups is 1. The summed E-state index contributed by atoms with van der Waals surface area (Å²) < 4.78 is 0. The van der Waals surface area contributed by atoms with Gasteiger partial charge in [0.25, 0.3) is 0 Å². The van der Waals surface area contributed by atoms with Crippen LogP contribution >= 0.6 is 0 Å². The number of nitrogens with zero attached hydrogens (tertiary/aromatic N) is 1. The maximum atomic E-state index is 11.6. The van der Waals surface area contributed by atoms with E-state index in [1.807, 2.05) is 38.1 Å². The molecule has 1 aromatic carbocycles. The normalized spacial score (nSPS) is 11.9. The van der Waals surface area contributed by atoms with Gasteiger partial charge in [-0.15, -0.1) is 0 Å². The van der Waals surface area contributed by atoms with Gasteiger partial charge in [-0.2, -0.15) is 0 Å². The third-order valence-corrected chi connectivity index (χ3v) is 2.60. The third kappa shape index (κ3) is 3.15. The Bertz CT molecular complexity index is 348. The molecule has 2 amide bonds. The molecule has 1 atom stereocenters. The molecule has 0 bridgehead atoms. The summed E-state index contributed by atoms with van der Waals surface area (Å²) in [6.07, 6.45) is 0. The molecule has 0 aliphatic rings. The molecule has 1 unspecified atom stereocenters. The van der Waals surface area contributed by atoms with Crippen molar-refractivity contribution in [3.8, 4) is 0 Å². The summed E-state index contributed by atoms with van der Waals surface area (Å²) in [6, 6.07) is 7.44. The summed E-state index contributed by atoms with van der Waals surface area (Å²) in [5, 5.41) is 2.91. The smallest absolute Gasteiger partial charge is 0.317 e. The first-order valence-electron chi connectivity index (χ1n) is 5.41. The average Bonchev–Trinajstić information content (AvgIpc) is 2.28. The molecule has 4 heteroatoms. The van der Waals surface area contributed by atoms with E-state index in [1.54, 1.807) is 11.9 Å². The van der Waals surface area contributed by atoms with E-state index in [-0.39, 0.29) is 12.1 Å². The van der Waals surface area contributed by atoms with Crippen LogP contribution in [-0.4, -0.2) is 24.5 Å². The van der Waals surface area contributed by atoms with Crippen LogP contribution in [0.1, 0.15) is 25.5 Å². The minimum absolute atomic E-state index is 0.0119. The number of benzene rings is 1. The average molecular weight is 221 g/mol. The molecular formula is C12H19N3O. The Morgan fingerprint density at radius 3 is 2.50 bits per heavy atom.